The van der Waals surface area contributed by atoms with Gasteiger partial charge in [-0.05, 0) is 31.5 Å². The molecule has 4 N–H and O–H groups in total. The topological polar surface area (TPSA) is 130 Å². The van der Waals surface area contributed by atoms with E-state index in [1.54, 1.807) is 35.0 Å². The highest BCUT2D eigenvalue weighted by molar-refractivity contribution is 6.30. The molecular formula is C25H24ClN5O3. The van der Waals surface area contributed by atoms with E-state index in [-0.39, 0.29) is 36.0 Å². The summed E-state index contributed by atoms with van der Waals surface area (Å²) in [6, 6.07) is 16.2. The van der Waals surface area contributed by atoms with Gasteiger partial charge in [0.05, 0.1) is 12.1 Å². The summed E-state index contributed by atoms with van der Waals surface area (Å²) in [4.78, 5) is 24.6. The zero-order valence-electron chi connectivity index (χ0n) is 18.8. The van der Waals surface area contributed by atoms with Gasteiger partial charge in [-0.15, -0.1) is 0 Å². The summed E-state index contributed by atoms with van der Waals surface area (Å²) in [7, 11) is 0. The highest BCUT2D eigenvalue weighted by Crippen LogP contribution is 2.29. The number of aromatic nitrogens is 3. The zero-order valence-corrected chi connectivity index (χ0v) is 19.5. The Kier molecular flexibility index (Phi) is 6.51. The molecule has 0 aliphatic carbocycles. The van der Waals surface area contributed by atoms with Crippen molar-refractivity contribution in [1.82, 2.24) is 14.9 Å². The van der Waals surface area contributed by atoms with Crippen LogP contribution in [0.5, 0.6) is 0 Å². The van der Waals surface area contributed by atoms with Gasteiger partial charge in [0.1, 0.15) is 22.9 Å². The van der Waals surface area contributed by atoms with Crippen LogP contribution in [0.15, 0.2) is 59.1 Å². The van der Waals surface area contributed by atoms with Gasteiger partial charge in [0.15, 0.2) is 5.76 Å². The summed E-state index contributed by atoms with van der Waals surface area (Å²) in [6.07, 6.45) is 0.373. The average Bonchev–Trinajstić information content (AvgIpc) is 3.38. The number of Topliss-reactive ketones (excluding diaryl/α,β-unsaturated/α-hetero) is 1. The van der Waals surface area contributed by atoms with Crippen LogP contribution in [0.25, 0.3) is 22.6 Å². The van der Waals surface area contributed by atoms with Crippen molar-refractivity contribution >= 4 is 29.1 Å². The van der Waals surface area contributed by atoms with E-state index < -0.39 is 5.91 Å². The van der Waals surface area contributed by atoms with Gasteiger partial charge in [-0.2, -0.15) is 5.10 Å². The first-order valence-corrected chi connectivity index (χ1v) is 11.1. The van der Waals surface area contributed by atoms with E-state index in [0.29, 0.717) is 27.7 Å². The van der Waals surface area contributed by atoms with Crippen molar-refractivity contribution in [3.05, 3.63) is 76.4 Å². The molecule has 2 aromatic carbocycles. The second-order valence-electron chi connectivity index (χ2n) is 8.29. The molecule has 0 fully saturated rings. The van der Waals surface area contributed by atoms with Crippen molar-refractivity contribution in [2.45, 2.75) is 32.7 Å². The predicted molar refractivity (Wildman–Crippen MR) is 130 cm³/mol. The summed E-state index contributed by atoms with van der Waals surface area (Å²) in [5, 5.41) is 9.07. The maximum atomic E-state index is 12.6. The number of nitrogens with two attached hydrogens (primary N) is 2. The van der Waals surface area contributed by atoms with Crippen LogP contribution in [-0.4, -0.2) is 26.6 Å². The number of hydrogen-bond donors (Lipinski definition) is 2. The first-order valence-electron chi connectivity index (χ1n) is 10.7. The Morgan fingerprint density at radius 3 is 2.44 bits per heavy atom. The van der Waals surface area contributed by atoms with Crippen LogP contribution in [0.3, 0.4) is 0 Å². The van der Waals surface area contributed by atoms with Crippen LogP contribution in [0.1, 0.15) is 41.5 Å². The third kappa shape index (κ3) is 4.87. The van der Waals surface area contributed by atoms with Gasteiger partial charge in [0.2, 0.25) is 0 Å². The molecule has 0 atom stereocenters. The van der Waals surface area contributed by atoms with Crippen molar-refractivity contribution in [2.24, 2.45) is 5.73 Å². The minimum atomic E-state index is -0.636. The molecule has 0 saturated carbocycles. The number of hydrogen-bond acceptors (Lipinski definition) is 6. The van der Waals surface area contributed by atoms with Gasteiger partial charge in [-0.25, -0.2) is 4.68 Å². The predicted octanol–water partition coefficient (Wildman–Crippen LogP) is 4.47. The van der Waals surface area contributed by atoms with Crippen LogP contribution in [0, 0.1) is 0 Å². The summed E-state index contributed by atoms with van der Waals surface area (Å²) in [5.74, 6) is 0.148. The molecule has 1 amide bonds. The Balaban J connectivity index is 1.46. The Labute approximate surface area is 201 Å². The molecule has 0 radical (unpaired) electrons. The van der Waals surface area contributed by atoms with Crippen LogP contribution in [0.4, 0.5) is 5.82 Å². The lowest BCUT2D eigenvalue weighted by atomic mass is 10.0. The summed E-state index contributed by atoms with van der Waals surface area (Å²) in [5.41, 5.74) is 15.1. The van der Waals surface area contributed by atoms with E-state index in [9.17, 15) is 9.59 Å². The first kappa shape index (κ1) is 23.3. The van der Waals surface area contributed by atoms with E-state index in [4.69, 9.17) is 27.6 Å². The number of rotatable bonds is 8. The SMILES string of the molecule is CC(C)n1nc(-c2ccc(CC(=O)Cc3cc(-c4cccc(Cl)c4)on3)cc2)c(C(N)=O)c1N. The Hall–Kier alpha value is -3.91. The largest absolute Gasteiger partial charge is 0.383 e. The quantitative estimate of drug-likeness (QED) is 0.385. The van der Waals surface area contributed by atoms with Crippen molar-refractivity contribution in [3.63, 3.8) is 0 Å². The molecule has 34 heavy (non-hydrogen) atoms. The smallest absolute Gasteiger partial charge is 0.254 e. The molecule has 0 saturated heterocycles. The van der Waals surface area contributed by atoms with E-state index in [0.717, 1.165) is 11.1 Å². The number of benzene rings is 2. The lowest BCUT2D eigenvalue weighted by Crippen LogP contribution is -2.15. The monoisotopic (exact) mass is 477 g/mol. The molecule has 2 heterocycles. The van der Waals surface area contributed by atoms with Crippen molar-refractivity contribution in [2.75, 3.05) is 5.73 Å². The number of nitrogen functional groups attached to an aromatic ring is 1. The Morgan fingerprint density at radius 1 is 1.06 bits per heavy atom. The highest BCUT2D eigenvalue weighted by Gasteiger charge is 2.22. The first-order chi connectivity index (χ1) is 16.2. The third-order valence-corrected chi connectivity index (χ3v) is 5.59. The van der Waals surface area contributed by atoms with Crippen LogP contribution < -0.4 is 11.5 Å². The number of nitrogens with zero attached hydrogens (tertiary/aromatic N) is 3. The van der Waals surface area contributed by atoms with E-state index in [1.165, 1.54) is 0 Å². The van der Waals surface area contributed by atoms with Gasteiger partial charge in [-0.3, -0.25) is 9.59 Å². The van der Waals surface area contributed by atoms with Gasteiger partial charge >= 0.3 is 0 Å². The van der Waals surface area contributed by atoms with Crippen LogP contribution >= 0.6 is 11.6 Å². The maximum absolute atomic E-state index is 12.6. The summed E-state index contributed by atoms with van der Waals surface area (Å²) < 4.78 is 6.93. The molecule has 2 aromatic heterocycles. The number of ketones is 1. The second-order valence-corrected chi connectivity index (χ2v) is 8.73. The zero-order chi connectivity index (χ0) is 24.4. The van der Waals surface area contributed by atoms with Crippen molar-refractivity contribution in [1.29, 1.82) is 0 Å². The number of primary amides is 1. The lowest BCUT2D eigenvalue weighted by molar-refractivity contribution is -0.117. The fraction of sp³-hybridized carbons (Fsp3) is 0.200. The molecule has 4 rings (SSSR count). The number of amides is 1. The van der Waals surface area contributed by atoms with E-state index >= 15 is 0 Å². The molecule has 4 aromatic rings. The number of halogens is 1. The van der Waals surface area contributed by atoms with Crippen LogP contribution in [0.2, 0.25) is 5.02 Å². The number of anilines is 1. The number of carbonyl (C=O) groups is 2. The average molecular weight is 478 g/mol. The molecule has 0 bridgehead atoms. The Morgan fingerprint density at radius 2 is 1.79 bits per heavy atom. The summed E-state index contributed by atoms with van der Waals surface area (Å²) >= 11 is 6.02. The fourth-order valence-electron chi connectivity index (χ4n) is 3.73. The maximum Gasteiger partial charge on any atom is 0.254 e. The number of carbonyl (C=O) groups excluding carboxylic acids is 2. The summed E-state index contributed by atoms with van der Waals surface area (Å²) in [6.45, 7) is 3.83. The van der Waals surface area contributed by atoms with Crippen LogP contribution in [-0.2, 0) is 17.6 Å². The molecule has 8 nitrogen and oxygen atoms in total. The fourth-order valence-corrected chi connectivity index (χ4v) is 3.92. The highest BCUT2D eigenvalue weighted by atomic mass is 35.5. The molecule has 0 unspecified atom stereocenters. The molecule has 0 spiro atoms. The normalized spacial score (nSPS) is 11.2. The van der Waals surface area contributed by atoms with E-state index in [2.05, 4.69) is 10.3 Å². The van der Waals surface area contributed by atoms with Gasteiger partial charge in [0.25, 0.3) is 5.91 Å². The van der Waals surface area contributed by atoms with Gasteiger partial charge in [-0.1, -0.05) is 53.2 Å². The molecule has 174 valence electrons. The minimum Gasteiger partial charge on any atom is -0.383 e. The van der Waals surface area contributed by atoms with Gasteiger partial charge < -0.3 is 16.0 Å². The minimum absolute atomic E-state index is 0.00940. The molecule has 9 heteroatoms. The standard InChI is InChI=1S/C25H24ClN5O3/c1-14(2)31-24(27)22(25(28)33)23(29-31)16-8-6-15(7-9-16)10-20(32)12-19-13-21(34-30-19)17-4-3-5-18(26)11-17/h3-9,11,13-14H,10,12,27H2,1-2H3,(H2,28,33). The van der Waals surface area contributed by atoms with E-state index in [1.807, 2.05) is 38.1 Å². The van der Waals surface area contributed by atoms with Crippen molar-refractivity contribution < 1.29 is 14.1 Å². The third-order valence-electron chi connectivity index (χ3n) is 5.36. The second kappa shape index (κ2) is 9.52. The Bertz CT molecular complexity index is 1360. The molecular weight excluding hydrogens is 454 g/mol. The lowest BCUT2D eigenvalue weighted by Gasteiger charge is -2.06. The van der Waals surface area contributed by atoms with Crippen molar-refractivity contribution in [3.8, 4) is 22.6 Å². The molecule has 0 aliphatic rings. The molecule has 0 aliphatic heterocycles. The van der Waals surface area contributed by atoms with Gasteiger partial charge in [0, 0.05) is 34.7 Å².